The van der Waals surface area contributed by atoms with Crippen molar-refractivity contribution in [1.29, 1.82) is 0 Å². The Labute approximate surface area is 96.0 Å². The van der Waals surface area contributed by atoms with E-state index < -0.39 is 18.2 Å². The summed E-state index contributed by atoms with van der Waals surface area (Å²) in [4.78, 5) is 3.68. The van der Waals surface area contributed by atoms with Crippen molar-refractivity contribution in [1.82, 2.24) is 4.98 Å². The van der Waals surface area contributed by atoms with Gasteiger partial charge in [0.05, 0.1) is 6.54 Å². The number of halogens is 3. The highest BCUT2D eigenvalue weighted by atomic mass is 35.5. The summed E-state index contributed by atoms with van der Waals surface area (Å²) in [5.41, 5.74) is 4.61. The molecule has 0 atom stereocenters. The molecule has 0 spiro atoms. The van der Waals surface area contributed by atoms with Crippen molar-refractivity contribution in [2.24, 2.45) is 5.73 Å². The maximum atomic E-state index is 13.3. The molecule has 1 aromatic carbocycles. The van der Waals surface area contributed by atoms with Gasteiger partial charge in [-0.15, -0.1) is 0 Å². The van der Waals surface area contributed by atoms with Crippen molar-refractivity contribution < 1.29 is 8.78 Å². The Morgan fingerprint density at radius 2 is 2.00 bits per heavy atom. The summed E-state index contributed by atoms with van der Waals surface area (Å²) in [6.07, 6.45) is 0. The first-order chi connectivity index (χ1) is 7.54. The van der Waals surface area contributed by atoms with E-state index in [4.69, 9.17) is 17.3 Å². The number of nitrogens with zero attached hydrogens (tertiary/aromatic N) is 1. The van der Waals surface area contributed by atoms with Gasteiger partial charge in [-0.1, -0.05) is 35.9 Å². The molecule has 2 nitrogen and oxygen atoms in total. The molecule has 0 saturated carbocycles. The smallest absolute Gasteiger partial charge is 0.301 e. The molecule has 2 aromatic rings. The Hall–Kier alpha value is -1.26. The van der Waals surface area contributed by atoms with E-state index in [1.807, 2.05) is 0 Å². The average Bonchev–Trinajstić information content (AvgIpc) is 2.29. The van der Waals surface area contributed by atoms with Gasteiger partial charge in [-0.3, -0.25) is 0 Å². The van der Waals surface area contributed by atoms with Crippen LogP contribution < -0.4 is 5.73 Å². The Balaban J connectivity index is 2.67. The van der Waals surface area contributed by atoms with Gasteiger partial charge < -0.3 is 5.73 Å². The summed E-state index contributed by atoms with van der Waals surface area (Å²) >= 11 is 5.84. The molecule has 0 fully saturated rings. The van der Waals surface area contributed by atoms with Gasteiger partial charge in [-0.2, -0.15) is 8.78 Å². The average molecular weight is 243 g/mol. The van der Waals surface area contributed by atoms with Crippen molar-refractivity contribution in [3.05, 3.63) is 41.2 Å². The molecular formula is C11H9ClF2N2. The van der Waals surface area contributed by atoms with Crippen LogP contribution in [0.3, 0.4) is 0 Å². The van der Waals surface area contributed by atoms with E-state index in [9.17, 15) is 8.78 Å². The molecule has 1 aromatic heterocycles. The first-order valence-corrected chi connectivity index (χ1v) is 5.06. The van der Waals surface area contributed by atoms with Gasteiger partial charge in [0.2, 0.25) is 0 Å². The zero-order valence-corrected chi connectivity index (χ0v) is 9.01. The standard InChI is InChI=1S/C11H9ClF2N2/c12-10-8-4-2-1-3-7(8)5-9(16-10)11(13,14)6-15/h1-5H,6,15H2. The molecule has 0 bridgehead atoms. The first-order valence-electron chi connectivity index (χ1n) is 4.68. The van der Waals surface area contributed by atoms with Crippen LogP contribution in [0.5, 0.6) is 0 Å². The largest absolute Gasteiger partial charge is 0.325 e. The van der Waals surface area contributed by atoms with Crippen molar-refractivity contribution in [2.45, 2.75) is 5.92 Å². The molecule has 0 radical (unpaired) electrons. The van der Waals surface area contributed by atoms with Crippen LogP contribution in [0.25, 0.3) is 10.8 Å². The molecule has 1 heterocycles. The van der Waals surface area contributed by atoms with E-state index in [-0.39, 0.29) is 5.15 Å². The van der Waals surface area contributed by atoms with Crippen LogP contribution in [0.15, 0.2) is 30.3 Å². The van der Waals surface area contributed by atoms with Gasteiger partial charge in [-0.25, -0.2) is 4.98 Å². The summed E-state index contributed by atoms with van der Waals surface area (Å²) < 4.78 is 26.7. The zero-order chi connectivity index (χ0) is 11.8. The van der Waals surface area contributed by atoms with Crippen LogP contribution >= 0.6 is 11.6 Å². The number of rotatable bonds is 2. The van der Waals surface area contributed by atoms with Gasteiger partial charge in [0.25, 0.3) is 0 Å². The SMILES string of the molecule is NCC(F)(F)c1cc2ccccc2c(Cl)n1. The molecule has 0 amide bonds. The molecule has 0 aliphatic heterocycles. The number of pyridine rings is 1. The van der Waals surface area contributed by atoms with Gasteiger partial charge in [0.1, 0.15) is 10.8 Å². The van der Waals surface area contributed by atoms with Crippen molar-refractivity contribution in [3.8, 4) is 0 Å². The van der Waals surface area contributed by atoms with Crippen LogP contribution in [0, 0.1) is 0 Å². The Kier molecular flexibility index (Phi) is 2.78. The molecule has 84 valence electrons. The molecule has 0 aliphatic rings. The number of nitrogens with two attached hydrogens (primary N) is 1. The third kappa shape index (κ3) is 1.86. The van der Waals surface area contributed by atoms with Crippen LogP contribution in [-0.2, 0) is 5.92 Å². The molecule has 0 aliphatic carbocycles. The second-order valence-corrected chi connectivity index (χ2v) is 3.79. The zero-order valence-electron chi connectivity index (χ0n) is 8.25. The third-order valence-electron chi connectivity index (χ3n) is 2.32. The fourth-order valence-corrected chi connectivity index (χ4v) is 1.71. The number of hydrogen-bond donors (Lipinski definition) is 1. The minimum Gasteiger partial charge on any atom is -0.325 e. The van der Waals surface area contributed by atoms with Crippen LogP contribution in [-0.4, -0.2) is 11.5 Å². The molecule has 2 N–H and O–H groups in total. The molecule has 16 heavy (non-hydrogen) atoms. The van der Waals surface area contributed by atoms with Crippen LogP contribution in [0.2, 0.25) is 5.15 Å². The lowest BCUT2D eigenvalue weighted by atomic mass is 10.1. The van der Waals surface area contributed by atoms with Gasteiger partial charge in [0.15, 0.2) is 0 Å². The predicted molar refractivity (Wildman–Crippen MR) is 59.7 cm³/mol. The highest BCUT2D eigenvalue weighted by Gasteiger charge is 2.32. The van der Waals surface area contributed by atoms with E-state index in [1.54, 1.807) is 24.3 Å². The van der Waals surface area contributed by atoms with E-state index in [1.165, 1.54) is 6.07 Å². The highest BCUT2D eigenvalue weighted by molar-refractivity contribution is 6.34. The lowest BCUT2D eigenvalue weighted by Crippen LogP contribution is -2.26. The predicted octanol–water partition coefficient (Wildman–Crippen LogP) is 2.94. The maximum absolute atomic E-state index is 13.3. The van der Waals surface area contributed by atoms with E-state index >= 15 is 0 Å². The Morgan fingerprint density at radius 3 is 2.69 bits per heavy atom. The monoisotopic (exact) mass is 242 g/mol. The van der Waals surface area contributed by atoms with Gasteiger partial charge in [0, 0.05) is 5.39 Å². The minimum absolute atomic E-state index is 0.0706. The molecule has 0 saturated heterocycles. The lowest BCUT2D eigenvalue weighted by Gasteiger charge is -2.14. The minimum atomic E-state index is -3.15. The summed E-state index contributed by atoms with van der Waals surface area (Å²) in [5.74, 6) is -3.15. The molecular weight excluding hydrogens is 234 g/mol. The van der Waals surface area contributed by atoms with Gasteiger partial charge in [-0.05, 0) is 11.5 Å². The number of hydrogen-bond acceptors (Lipinski definition) is 2. The number of benzene rings is 1. The van der Waals surface area contributed by atoms with E-state index in [0.29, 0.717) is 10.8 Å². The fraction of sp³-hybridized carbons (Fsp3) is 0.182. The quantitative estimate of drug-likeness (QED) is 0.823. The van der Waals surface area contributed by atoms with Gasteiger partial charge >= 0.3 is 5.92 Å². The van der Waals surface area contributed by atoms with E-state index in [0.717, 1.165) is 0 Å². The Bertz CT molecular complexity index is 528. The number of fused-ring (bicyclic) bond motifs is 1. The number of aromatic nitrogens is 1. The van der Waals surface area contributed by atoms with Crippen molar-refractivity contribution >= 4 is 22.4 Å². The summed E-state index contributed by atoms with van der Waals surface area (Å²) in [5, 5.41) is 1.35. The molecule has 5 heteroatoms. The number of alkyl halides is 2. The topological polar surface area (TPSA) is 38.9 Å². The van der Waals surface area contributed by atoms with Crippen molar-refractivity contribution in [2.75, 3.05) is 6.54 Å². The summed E-state index contributed by atoms with van der Waals surface area (Å²) in [6.45, 7) is -0.783. The van der Waals surface area contributed by atoms with Crippen molar-refractivity contribution in [3.63, 3.8) is 0 Å². The second-order valence-electron chi connectivity index (χ2n) is 3.43. The molecule has 2 rings (SSSR count). The third-order valence-corrected chi connectivity index (χ3v) is 2.61. The first kappa shape index (κ1) is 11.2. The lowest BCUT2D eigenvalue weighted by molar-refractivity contribution is 0.00157. The normalized spacial score (nSPS) is 12.0. The highest BCUT2D eigenvalue weighted by Crippen LogP contribution is 2.30. The van der Waals surface area contributed by atoms with E-state index in [2.05, 4.69) is 4.98 Å². The second kappa shape index (κ2) is 3.96. The molecule has 0 unspecified atom stereocenters. The summed E-state index contributed by atoms with van der Waals surface area (Å²) in [6, 6.07) is 8.28. The fourth-order valence-electron chi connectivity index (χ4n) is 1.45. The van der Waals surface area contributed by atoms with Crippen LogP contribution in [0.1, 0.15) is 5.69 Å². The summed E-state index contributed by atoms with van der Waals surface area (Å²) in [7, 11) is 0. The Morgan fingerprint density at radius 1 is 1.31 bits per heavy atom. The van der Waals surface area contributed by atoms with Crippen LogP contribution in [0.4, 0.5) is 8.78 Å². The maximum Gasteiger partial charge on any atom is 0.301 e.